The van der Waals surface area contributed by atoms with Crippen LogP contribution >= 0.6 is 0 Å². The van der Waals surface area contributed by atoms with E-state index in [-0.39, 0.29) is 65.8 Å². The molecule has 0 amide bonds. The average Bonchev–Trinajstić information content (AvgIpc) is 1.45. The first-order valence-electron chi connectivity index (χ1n) is 47.9. The average molecular weight is 1530 g/mol. The van der Waals surface area contributed by atoms with E-state index in [0.717, 1.165) is 83.4 Å². The zero-order valence-corrected chi connectivity index (χ0v) is 67.3. The largest absolute Gasteiger partial charge is 0.310 e. The fourth-order valence-corrected chi connectivity index (χ4v) is 17.1. The summed E-state index contributed by atoms with van der Waals surface area (Å²) in [7, 11) is 0. The lowest BCUT2D eigenvalue weighted by molar-refractivity contribution is 0.569. The summed E-state index contributed by atoms with van der Waals surface area (Å²) in [6, 6.07) is 73.0. The number of rotatable bonds is 11. The molecule has 0 fully saturated rings. The van der Waals surface area contributed by atoms with Crippen molar-refractivity contribution in [3.05, 3.63) is 362 Å². The molecule has 0 aliphatic carbocycles. The molecule has 0 saturated carbocycles. The van der Waals surface area contributed by atoms with Gasteiger partial charge in [-0.3, -0.25) is 0 Å². The van der Waals surface area contributed by atoms with Gasteiger partial charge in [-0.05, 0) is 167 Å². The molecule has 0 spiro atoms. The second kappa shape index (κ2) is 27.7. The molecule has 0 radical (unpaired) electrons. The van der Waals surface area contributed by atoms with Crippen molar-refractivity contribution in [2.75, 3.05) is 9.80 Å². The molecule has 0 N–H and O–H groups in total. The zero-order chi connectivity index (χ0) is 93.9. The minimum absolute atomic E-state index is 0.103. The van der Waals surface area contributed by atoms with Gasteiger partial charge < -0.3 is 18.9 Å². The highest BCUT2D eigenvalue weighted by atomic mass is 15.2. The van der Waals surface area contributed by atoms with Crippen LogP contribution in [0, 0.1) is 0 Å². The van der Waals surface area contributed by atoms with Crippen LogP contribution in [0.5, 0.6) is 0 Å². The Bertz CT molecular complexity index is 7690. The van der Waals surface area contributed by atoms with Gasteiger partial charge in [-0.2, -0.15) is 0 Å². The van der Waals surface area contributed by atoms with E-state index in [4.69, 9.17) is 15.0 Å². The van der Waals surface area contributed by atoms with Crippen LogP contribution in [0.4, 0.5) is 34.1 Å². The predicted molar refractivity (Wildman–Crippen MR) is 495 cm³/mol. The van der Waals surface area contributed by atoms with Gasteiger partial charge in [0.2, 0.25) is 0 Å². The zero-order valence-electron chi connectivity index (χ0n) is 83.3. The topological polar surface area (TPSA) is 55.0 Å². The molecule has 117 heavy (non-hydrogen) atoms. The Morgan fingerprint density at radius 2 is 0.581 bits per heavy atom. The molecule has 18 aromatic rings. The third-order valence-corrected chi connectivity index (χ3v) is 23.2. The summed E-state index contributed by atoms with van der Waals surface area (Å²) in [5.41, 5.74) is 15.9. The maximum atomic E-state index is 10.4. The van der Waals surface area contributed by atoms with Crippen LogP contribution in [0.2, 0.25) is 0 Å². The molecule has 5 heterocycles. The van der Waals surface area contributed by atoms with Crippen LogP contribution in [0.3, 0.4) is 0 Å². The van der Waals surface area contributed by atoms with E-state index in [1.54, 1.807) is 4.57 Å². The number of anilines is 6. The van der Waals surface area contributed by atoms with Crippen molar-refractivity contribution < 1.29 is 21.9 Å². The normalized spacial score (nSPS) is 14.8. The number of fused-ring (bicyclic) bond motifs is 10. The molecule has 20 rings (SSSR count). The molecular formula is C109H92BN7. The third kappa shape index (κ3) is 12.5. The Morgan fingerprint density at radius 3 is 0.974 bits per heavy atom. The Morgan fingerprint density at radius 1 is 0.265 bits per heavy atom. The van der Waals surface area contributed by atoms with E-state index < -0.39 is 114 Å². The van der Waals surface area contributed by atoms with E-state index in [2.05, 4.69) is 190 Å². The molecule has 0 unspecified atom stereocenters. The highest BCUT2D eigenvalue weighted by molar-refractivity contribution is 7.00. The molecule has 0 saturated heterocycles. The van der Waals surface area contributed by atoms with Gasteiger partial charge in [0.05, 0.1) is 61.1 Å². The SMILES string of the molecule is [2H]c1c([2H])c([2H])c2c(c1[2H])c1c([2H])c([2H])c([2H])c([2H])c1n2-c1ccc2c(c1)N(c1c(-c3ccccc3)cc(C(C)(C)C)cc1-c1ccccc1)c1cc(-n3c4c([2H])c([2H])c([2H])c([2H])c4c4c([2H])c([2H])c([2H])c([2H])c43)cc3c1B2c1ccc(-c2cc(C(C)(C)C)cc(C(C)(C)C)c2)cc1N3c1c(-c2ccccc2)cc(C(C)(C)C)cc1-c1nc(-c2ccccc2)nc(-c2ccccc2)n1. The first-order valence-corrected chi connectivity index (χ1v) is 39.9. The lowest BCUT2D eigenvalue weighted by atomic mass is 9.33. The third-order valence-electron chi connectivity index (χ3n) is 23.2. The molecular weight excluding hydrogens is 1420 g/mol. The first kappa shape index (κ1) is 56.8. The van der Waals surface area contributed by atoms with E-state index in [1.807, 2.05) is 146 Å². The van der Waals surface area contributed by atoms with E-state index in [0.29, 0.717) is 68.1 Å². The minimum atomic E-state index is -0.885. The van der Waals surface area contributed by atoms with Crippen molar-refractivity contribution in [3.8, 4) is 90.0 Å². The number of benzene rings is 15. The highest BCUT2D eigenvalue weighted by Crippen LogP contribution is 2.56. The first-order chi connectivity index (χ1) is 63.2. The maximum Gasteiger partial charge on any atom is 0.252 e. The van der Waals surface area contributed by atoms with E-state index in [1.165, 1.54) is 4.57 Å². The molecule has 0 atom stereocenters. The van der Waals surface area contributed by atoms with Crippen molar-refractivity contribution in [3.63, 3.8) is 0 Å². The maximum absolute atomic E-state index is 10.4. The fraction of sp³-hybridized carbons (Fsp3) is 0.147. The Kier molecular flexibility index (Phi) is 13.4. The summed E-state index contributed by atoms with van der Waals surface area (Å²) >= 11 is 0. The quantitative estimate of drug-likeness (QED) is 0.121. The highest BCUT2D eigenvalue weighted by Gasteiger charge is 2.47. The van der Waals surface area contributed by atoms with Crippen LogP contribution < -0.4 is 26.2 Å². The molecule has 3 aromatic heterocycles. The Labute approximate surface area is 709 Å². The summed E-state index contributed by atoms with van der Waals surface area (Å²) in [5.74, 6) is 1.08. The Balaban J connectivity index is 1.06. The van der Waals surface area contributed by atoms with Gasteiger partial charge in [0.1, 0.15) is 0 Å². The van der Waals surface area contributed by atoms with Crippen molar-refractivity contribution in [2.45, 2.75) is 105 Å². The number of nitrogens with zero attached hydrogens (tertiary/aromatic N) is 7. The lowest BCUT2D eigenvalue weighted by Gasteiger charge is -2.46. The van der Waals surface area contributed by atoms with Gasteiger partial charge in [0, 0.05) is 83.4 Å². The molecule has 8 heteroatoms. The van der Waals surface area contributed by atoms with Crippen molar-refractivity contribution >= 4 is 101 Å². The van der Waals surface area contributed by atoms with Gasteiger partial charge in [-0.25, -0.2) is 15.0 Å². The van der Waals surface area contributed by atoms with Gasteiger partial charge in [0.15, 0.2) is 17.5 Å². The molecule has 2 aliphatic heterocycles. The van der Waals surface area contributed by atoms with Gasteiger partial charge in [-0.1, -0.05) is 344 Å². The van der Waals surface area contributed by atoms with Crippen LogP contribution in [-0.4, -0.2) is 30.8 Å². The van der Waals surface area contributed by atoms with Crippen molar-refractivity contribution in [1.82, 2.24) is 24.1 Å². The Hall–Kier alpha value is -13.4. The smallest absolute Gasteiger partial charge is 0.252 e. The van der Waals surface area contributed by atoms with Crippen LogP contribution in [0.25, 0.3) is 134 Å². The summed E-state index contributed by atoms with van der Waals surface area (Å²) in [5, 5.41) is -0.529. The summed E-state index contributed by atoms with van der Waals surface area (Å²) in [6.45, 7) is 25.4. The summed E-state index contributed by atoms with van der Waals surface area (Å²) in [4.78, 5) is 21.2. The molecule has 0 bridgehead atoms. The van der Waals surface area contributed by atoms with Crippen LogP contribution in [0.1, 0.15) is 127 Å². The van der Waals surface area contributed by atoms with Gasteiger partial charge >= 0.3 is 0 Å². The second-order valence-electron chi connectivity index (χ2n) is 34.9. The van der Waals surface area contributed by atoms with E-state index >= 15 is 0 Å². The standard InChI is InChI=1S/C109H92BN7/c1-106(2,3)76-58-75(59-77(61-76)107(4,5)6)74-54-56-90-96(60-74)116(102-88(71-40-22-15-23-41-71)64-79(109(10,11)12)65-89(102)105-112-103(72-42-24-16-25-43-72)111-104(113-105)73-44-26-17-27-45-73)98-67-81(115-94-52-34-30-48-84(94)85-49-31-35-53-95(85)115)68-99-100(98)110(90)91-57-55-80(114-92-50-32-28-46-82(92)83-47-29-33-51-93(83)114)66-97(91)117(99)101-86(69-36-18-13-19-37-69)62-78(108(7,8)9)63-87(101)70-38-20-14-21-39-70/h13-68H,1-12H3/i28D,29D,30D,31D,32D,33D,34D,35D,46D,47D,48D,49D,50D,51D,52D,53D. The fourth-order valence-electron chi connectivity index (χ4n) is 17.1. The molecule has 2 aliphatic rings. The monoisotopic (exact) mass is 1530 g/mol. The summed E-state index contributed by atoms with van der Waals surface area (Å²) in [6.07, 6.45) is 0. The number of hydrogen-bond donors (Lipinski definition) is 0. The minimum Gasteiger partial charge on any atom is -0.310 e. The van der Waals surface area contributed by atoms with Crippen LogP contribution in [-0.2, 0) is 21.7 Å². The molecule has 566 valence electrons. The summed E-state index contributed by atoms with van der Waals surface area (Å²) < 4.78 is 160. The van der Waals surface area contributed by atoms with Crippen molar-refractivity contribution in [2.24, 2.45) is 0 Å². The lowest BCUT2D eigenvalue weighted by Crippen LogP contribution is -2.61. The molecule has 7 nitrogen and oxygen atoms in total. The van der Waals surface area contributed by atoms with E-state index in [9.17, 15) is 21.9 Å². The predicted octanol–water partition coefficient (Wildman–Crippen LogP) is 27.0. The molecule has 15 aromatic carbocycles. The number of para-hydroxylation sites is 4. The van der Waals surface area contributed by atoms with Gasteiger partial charge in [0.25, 0.3) is 6.71 Å². The second-order valence-corrected chi connectivity index (χ2v) is 34.9. The number of hydrogen-bond acceptors (Lipinski definition) is 5. The van der Waals surface area contributed by atoms with Crippen molar-refractivity contribution in [1.29, 1.82) is 0 Å². The number of aromatic nitrogens is 5. The van der Waals surface area contributed by atoms with Gasteiger partial charge in [-0.15, -0.1) is 0 Å². The van der Waals surface area contributed by atoms with Crippen LogP contribution in [0.15, 0.2) is 339 Å².